The summed E-state index contributed by atoms with van der Waals surface area (Å²) in [5, 5.41) is 2.98. The molecule has 0 radical (unpaired) electrons. The molecule has 2 N–H and O–H groups in total. The van der Waals surface area contributed by atoms with Gasteiger partial charge in [-0.1, -0.05) is 24.8 Å². The van der Waals surface area contributed by atoms with Crippen LogP contribution in [0, 0.1) is 5.82 Å². The lowest BCUT2D eigenvalue weighted by Gasteiger charge is -2.29. The van der Waals surface area contributed by atoms with E-state index < -0.39 is 0 Å². The monoisotopic (exact) mass is 458 g/mol. The molecule has 4 rings (SSSR count). The van der Waals surface area contributed by atoms with Crippen LogP contribution in [0.15, 0.2) is 30.5 Å². The molecular weight excluding hydrogens is 427 g/mol. The fourth-order valence-corrected chi connectivity index (χ4v) is 4.94. The number of hydrogen-bond donors (Lipinski definition) is 2. The van der Waals surface area contributed by atoms with E-state index >= 15 is 0 Å². The first kappa shape index (κ1) is 22.9. The second kappa shape index (κ2) is 10.5. The van der Waals surface area contributed by atoms with Gasteiger partial charge in [0.05, 0.1) is 5.69 Å². The van der Waals surface area contributed by atoms with E-state index in [4.69, 9.17) is 4.74 Å². The van der Waals surface area contributed by atoms with Crippen LogP contribution in [-0.2, 0) is 0 Å². The molecule has 1 aliphatic carbocycles. The van der Waals surface area contributed by atoms with E-state index in [9.17, 15) is 9.18 Å². The summed E-state index contributed by atoms with van der Waals surface area (Å²) in [5.74, 6) is 0.474. The van der Waals surface area contributed by atoms with E-state index in [1.807, 2.05) is 12.1 Å². The minimum atomic E-state index is -0.318. The SMILES string of the molecule is CSNC(=O)Nc1c(-c2ccnc(OC3CCN(C)CC3)c2)cc(F)cc1C1CCCC1. The molecule has 1 aliphatic heterocycles. The van der Waals surface area contributed by atoms with Crippen molar-refractivity contribution in [3.63, 3.8) is 0 Å². The zero-order valence-electron chi connectivity index (χ0n) is 18.7. The number of nitrogens with one attached hydrogen (secondary N) is 2. The first-order chi connectivity index (χ1) is 15.5. The third-order valence-electron chi connectivity index (χ3n) is 6.36. The minimum absolute atomic E-state index is 0.125. The lowest BCUT2D eigenvalue weighted by Crippen LogP contribution is -2.35. The number of piperidine rings is 1. The molecule has 2 heterocycles. The Hall–Kier alpha value is -2.32. The first-order valence-electron chi connectivity index (χ1n) is 11.3. The zero-order valence-corrected chi connectivity index (χ0v) is 19.5. The highest BCUT2D eigenvalue weighted by molar-refractivity contribution is 7.97. The molecule has 2 fully saturated rings. The standard InChI is InChI=1S/C24H31FN4O2S/c1-29-11-8-19(9-12-29)31-22-13-17(7-10-26-22)21-15-18(25)14-20(16-5-3-4-6-16)23(21)27-24(30)28-32-2/h7,10,13-16,19H,3-6,8-9,11-12H2,1-2H3,(H2,27,28,30). The Bertz CT molecular complexity index is 944. The summed E-state index contributed by atoms with van der Waals surface area (Å²) in [4.78, 5) is 19.1. The Labute approximate surface area is 193 Å². The molecule has 1 saturated carbocycles. The van der Waals surface area contributed by atoms with Gasteiger partial charge in [0.2, 0.25) is 5.88 Å². The number of pyridine rings is 1. The molecule has 0 bridgehead atoms. The predicted molar refractivity (Wildman–Crippen MR) is 128 cm³/mol. The molecule has 2 aliphatic rings. The van der Waals surface area contributed by atoms with E-state index in [2.05, 4.69) is 27.0 Å². The number of hydrogen-bond acceptors (Lipinski definition) is 5. The van der Waals surface area contributed by atoms with E-state index in [0.29, 0.717) is 17.1 Å². The average Bonchev–Trinajstić information content (AvgIpc) is 3.31. The van der Waals surface area contributed by atoms with Gasteiger partial charge in [0, 0.05) is 37.2 Å². The number of carbonyl (C=O) groups excluding carboxylic acids is 1. The zero-order chi connectivity index (χ0) is 22.5. The summed E-state index contributed by atoms with van der Waals surface area (Å²) in [6.07, 6.45) is 9.76. The molecule has 1 aromatic carbocycles. The number of amides is 2. The number of urea groups is 1. The fourth-order valence-electron chi connectivity index (χ4n) is 4.70. The van der Waals surface area contributed by atoms with Crippen LogP contribution in [0.2, 0.25) is 0 Å². The van der Waals surface area contributed by atoms with Gasteiger partial charge in [-0.2, -0.15) is 0 Å². The number of ether oxygens (including phenoxy) is 1. The van der Waals surface area contributed by atoms with Gasteiger partial charge in [-0.05, 0) is 68.0 Å². The Kier molecular flexibility index (Phi) is 7.52. The maximum Gasteiger partial charge on any atom is 0.329 e. The molecule has 8 heteroatoms. The molecule has 1 saturated heterocycles. The normalized spacial score (nSPS) is 18.0. The fraction of sp³-hybridized carbons (Fsp3) is 0.500. The summed E-state index contributed by atoms with van der Waals surface area (Å²) in [6, 6.07) is 6.43. The van der Waals surface area contributed by atoms with Crippen LogP contribution >= 0.6 is 11.9 Å². The van der Waals surface area contributed by atoms with Crippen molar-refractivity contribution in [1.29, 1.82) is 0 Å². The van der Waals surface area contributed by atoms with Gasteiger partial charge in [0.15, 0.2) is 0 Å². The topological polar surface area (TPSA) is 66.5 Å². The molecule has 0 unspecified atom stereocenters. The highest BCUT2D eigenvalue weighted by Gasteiger charge is 2.25. The Morgan fingerprint density at radius 1 is 1.19 bits per heavy atom. The molecule has 172 valence electrons. The average molecular weight is 459 g/mol. The first-order valence-corrected chi connectivity index (χ1v) is 12.5. The van der Waals surface area contributed by atoms with E-state index in [0.717, 1.165) is 62.7 Å². The summed E-state index contributed by atoms with van der Waals surface area (Å²) in [7, 11) is 2.11. The minimum Gasteiger partial charge on any atom is -0.474 e. The second-order valence-electron chi connectivity index (χ2n) is 8.66. The summed E-state index contributed by atoms with van der Waals surface area (Å²) in [6.45, 7) is 2.00. The number of benzene rings is 1. The molecular formula is C24H31FN4O2S. The van der Waals surface area contributed by atoms with Crippen molar-refractivity contribution in [1.82, 2.24) is 14.6 Å². The van der Waals surface area contributed by atoms with Gasteiger partial charge in [-0.15, -0.1) is 0 Å². The predicted octanol–water partition coefficient (Wildman–Crippen LogP) is 5.42. The van der Waals surface area contributed by atoms with Crippen LogP contribution in [0.1, 0.15) is 50.0 Å². The molecule has 0 spiro atoms. The van der Waals surface area contributed by atoms with Crippen LogP contribution < -0.4 is 14.8 Å². The lowest BCUT2D eigenvalue weighted by molar-refractivity contribution is 0.110. The third kappa shape index (κ3) is 5.53. The molecule has 2 aromatic rings. The third-order valence-corrected chi connectivity index (χ3v) is 6.75. The Morgan fingerprint density at radius 2 is 1.94 bits per heavy atom. The van der Waals surface area contributed by atoms with Gasteiger partial charge in [0.1, 0.15) is 11.9 Å². The van der Waals surface area contributed by atoms with Crippen molar-refractivity contribution < 1.29 is 13.9 Å². The summed E-state index contributed by atoms with van der Waals surface area (Å²) < 4.78 is 23.6. The van der Waals surface area contributed by atoms with Crippen molar-refractivity contribution in [2.75, 3.05) is 31.7 Å². The number of halogens is 1. The number of rotatable bonds is 6. The van der Waals surface area contributed by atoms with Crippen molar-refractivity contribution in [3.05, 3.63) is 41.8 Å². The summed E-state index contributed by atoms with van der Waals surface area (Å²) >= 11 is 1.22. The number of anilines is 1. The van der Waals surface area contributed by atoms with Crippen molar-refractivity contribution in [2.45, 2.75) is 50.5 Å². The maximum atomic E-state index is 14.8. The number of nitrogens with zero attached hydrogens (tertiary/aromatic N) is 2. The molecule has 6 nitrogen and oxygen atoms in total. The van der Waals surface area contributed by atoms with Crippen LogP contribution in [0.5, 0.6) is 5.88 Å². The maximum absolute atomic E-state index is 14.8. The number of aromatic nitrogens is 1. The lowest BCUT2D eigenvalue weighted by atomic mass is 9.91. The van der Waals surface area contributed by atoms with E-state index in [-0.39, 0.29) is 23.9 Å². The number of carbonyl (C=O) groups is 1. The van der Waals surface area contributed by atoms with Gasteiger partial charge in [0.25, 0.3) is 0 Å². The van der Waals surface area contributed by atoms with Gasteiger partial charge in [-0.3, -0.25) is 4.72 Å². The highest BCUT2D eigenvalue weighted by Crippen LogP contribution is 2.43. The van der Waals surface area contributed by atoms with Crippen LogP contribution in [0.4, 0.5) is 14.9 Å². The molecule has 32 heavy (non-hydrogen) atoms. The largest absolute Gasteiger partial charge is 0.474 e. The summed E-state index contributed by atoms with van der Waals surface area (Å²) in [5.41, 5.74) is 2.96. The van der Waals surface area contributed by atoms with Crippen LogP contribution in [0.3, 0.4) is 0 Å². The molecule has 0 atom stereocenters. The number of likely N-dealkylation sites (tertiary alicyclic amines) is 1. The van der Waals surface area contributed by atoms with E-state index in [1.54, 1.807) is 18.5 Å². The van der Waals surface area contributed by atoms with Gasteiger partial charge in [-0.25, -0.2) is 14.2 Å². The van der Waals surface area contributed by atoms with Crippen LogP contribution in [0.25, 0.3) is 11.1 Å². The quantitative estimate of drug-likeness (QED) is 0.566. The van der Waals surface area contributed by atoms with E-state index in [1.165, 1.54) is 18.0 Å². The van der Waals surface area contributed by atoms with Crippen molar-refractivity contribution in [3.8, 4) is 17.0 Å². The van der Waals surface area contributed by atoms with Crippen molar-refractivity contribution >= 4 is 23.7 Å². The van der Waals surface area contributed by atoms with Gasteiger partial charge < -0.3 is 15.0 Å². The highest BCUT2D eigenvalue weighted by atomic mass is 32.2. The van der Waals surface area contributed by atoms with Crippen LogP contribution in [-0.4, -0.2) is 48.4 Å². The Morgan fingerprint density at radius 3 is 2.66 bits per heavy atom. The molecule has 1 aromatic heterocycles. The van der Waals surface area contributed by atoms with Crippen molar-refractivity contribution in [2.24, 2.45) is 0 Å². The van der Waals surface area contributed by atoms with Gasteiger partial charge >= 0.3 is 6.03 Å². The second-order valence-corrected chi connectivity index (χ2v) is 9.27. The Balaban J connectivity index is 1.67. The smallest absolute Gasteiger partial charge is 0.329 e. The molecule has 2 amide bonds.